The molecule has 2 aromatic carbocycles. The molecule has 0 aromatic heterocycles. The Kier molecular flexibility index (Phi) is 5.04. The molecule has 3 rings (SSSR count). The zero-order valence-corrected chi connectivity index (χ0v) is 15.0. The summed E-state index contributed by atoms with van der Waals surface area (Å²) in [7, 11) is 0. The lowest BCUT2D eigenvalue weighted by atomic mass is 10.0. The number of hydrogen-bond acceptors (Lipinski definition) is 3. The summed E-state index contributed by atoms with van der Waals surface area (Å²) < 4.78 is 55.5. The molecule has 4 amide bonds. The Morgan fingerprint density at radius 1 is 1.07 bits per heavy atom. The van der Waals surface area contributed by atoms with E-state index in [2.05, 4.69) is 0 Å². The Bertz CT molecular complexity index is 965. The van der Waals surface area contributed by atoms with E-state index in [4.69, 9.17) is 0 Å². The number of carbonyl (C=O) groups is 3. The van der Waals surface area contributed by atoms with Gasteiger partial charge in [-0.2, -0.15) is 13.2 Å². The predicted octanol–water partition coefficient (Wildman–Crippen LogP) is 3.13. The fraction of sp³-hybridized carbons (Fsp3) is 0.211. The van der Waals surface area contributed by atoms with Crippen molar-refractivity contribution >= 4 is 17.8 Å². The Balaban J connectivity index is 1.99. The first-order chi connectivity index (χ1) is 13.6. The second kappa shape index (κ2) is 7.19. The summed E-state index contributed by atoms with van der Waals surface area (Å²) in [5.41, 5.74) is -4.01. The van der Waals surface area contributed by atoms with Crippen molar-refractivity contribution in [2.45, 2.75) is 24.8 Å². The molecule has 2 atom stereocenters. The molecule has 10 heteroatoms. The van der Waals surface area contributed by atoms with Gasteiger partial charge in [-0.05, 0) is 24.6 Å². The summed E-state index contributed by atoms with van der Waals surface area (Å²) in [6.45, 7) is 1.37. The molecule has 1 heterocycles. The topological polar surface area (TPSA) is 78.5 Å². The SMILES string of the molecule is C[C@@H](c1ccccc1)N1C(=O)N[C@](NC(=O)c2ccccc2F)(C(F)(F)F)C1=O. The molecule has 2 N–H and O–H groups in total. The van der Waals surface area contributed by atoms with Gasteiger partial charge >= 0.3 is 12.2 Å². The van der Waals surface area contributed by atoms with Crippen molar-refractivity contribution in [1.29, 1.82) is 0 Å². The molecule has 0 radical (unpaired) electrons. The van der Waals surface area contributed by atoms with Crippen molar-refractivity contribution in [3.63, 3.8) is 0 Å². The van der Waals surface area contributed by atoms with Crippen LogP contribution >= 0.6 is 0 Å². The van der Waals surface area contributed by atoms with Crippen molar-refractivity contribution in [1.82, 2.24) is 15.5 Å². The van der Waals surface area contributed by atoms with E-state index in [-0.39, 0.29) is 0 Å². The average molecular weight is 409 g/mol. The first-order valence-corrected chi connectivity index (χ1v) is 8.43. The number of imide groups is 1. The molecule has 1 aliphatic rings. The van der Waals surface area contributed by atoms with Gasteiger partial charge in [0.05, 0.1) is 11.6 Å². The van der Waals surface area contributed by atoms with Crippen LogP contribution in [0.3, 0.4) is 0 Å². The summed E-state index contributed by atoms with van der Waals surface area (Å²) in [4.78, 5) is 37.8. The second-order valence-corrected chi connectivity index (χ2v) is 6.37. The van der Waals surface area contributed by atoms with Gasteiger partial charge in [-0.15, -0.1) is 0 Å². The van der Waals surface area contributed by atoms with Crippen molar-refractivity contribution in [2.24, 2.45) is 0 Å². The van der Waals surface area contributed by atoms with Gasteiger partial charge < -0.3 is 5.32 Å². The molecule has 6 nitrogen and oxygen atoms in total. The number of hydrogen-bond donors (Lipinski definition) is 2. The number of nitrogens with one attached hydrogen (secondary N) is 2. The summed E-state index contributed by atoms with van der Waals surface area (Å²) in [6.07, 6.45) is -5.38. The maximum atomic E-state index is 13.9. The molecular formula is C19H15F4N3O3. The molecule has 1 saturated heterocycles. The summed E-state index contributed by atoms with van der Waals surface area (Å²) >= 11 is 0. The Hall–Kier alpha value is -3.43. The van der Waals surface area contributed by atoms with E-state index >= 15 is 0 Å². The van der Waals surface area contributed by atoms with Gasteiger partial charge in [0, 0.05) is 0 Å². The van der Waals surface area contributed by atoms with E-state index in [0.29, 0.717) is 10.5 Å². The van der Waals surface area contributed by atoms with Crippen LogP contribution in [0.25, 0.3) is 0 Å². The summed E-state index contributed by atoms with van der Waals surface area (Å²) in [5, 5.41) is 3.01. The highest BCUT2D eigenvalue weighted by atomic mass is 19.4. The number of halogens is 4. The third-order valence-corrected chi connectivity index (χ3v) is 4.57. The average Bonchev–Trinajstić information content (AvgIpc) is 2.92. The first kappa shape index (κ1) is 20.3. The largest absolute Gasteiger partial charge is 0.440 e. The molecule has 0 saturated carbocycles. The van der Waals surface area contributed by atoms with Crippen LogP contribution in [0.5, 0.6) is 0 Å². The summed E-state index contributed by atoms with van der Waals surface area (Å²) in [6, 6.07) is 9.89. The monoisotopic (exact) mass is 409 g/mol. The van der Waals surface area contributed by atoms with Crippen molar-refractivity contribution in [3.8, 4) is 0 Å². The number of carbonyl (C=O) groups excluding carboxylic acids is 3. The molecule has 0 aliphatic carbocycles. The lowest BCUT2D eigenvalue weighted by Gasteiger charge is -2.30. The quantitative estimate of drug-likeness (QED) is 0.602. The highest BCUT2D eigenvalue weighted by Crippen LogP contribution is 2.37. The highest BCUT2D eigenvalue weighted by molar-refractivity contribution is 6.10. The van der Waals surface area contributed by atoms with E-state index in [1.165, 1.54) is 41.8 Å². The molecule has 1 aliphatic heterocycles. The zero-order valence-electron chi connectivity index (χ0n) is 15.0. The molecule has 0 spiro atoms. The minimum atomic E-state index is -5.38. The van der Waals surface area contributed by atoms with Crippen LogP contribution in [0.2, 0.25) is 0 Å². The van der Waals surface area contributed by atoms with Gasteiger partial charge in [0.2, 0.25) is 0 Å². The van der Waals surface area contributed by atoms with Crippen LogP contribution in [0.4, 0.5) is 22.4 Å². The Morgan fingerprint density at radius 3 is 2.24 bits per heavy atom. The number of nitrogens with zero attached hydrogens (tertiary/aromatic N) is 1. The van der Waals surface area contributed by atoms with E-state index in [9.17, 15) is 31.9 Å². The van der Waals surface area contributed by atoms with Crippen LogP contribution in [0.15, 0.2) is 54.6 Å². The summed E-state index contributed by atoms with van der Waals surface area (Å²) in [5.74, 6) is -4.28. The third kappa shape index (κ3) is 3.41. The predicted molar refractivity (Wildman–Crippen MR) is 92.9 cm³/mol. The molecule has 0 bridgehead atoms. The maximum absolute atomic E-state index is 13.9. The van der Waals surface area contributed by atoms with Gasteiger partial charge in [-0.3, -0.25) is 19.8 Å². The number of benzene rings is 2. The van der Waals surface area contributed by atoms with E-state index < -0.39 is 47.1 Å². The van der Waals surface area contributed by atoms with Crippen molar-refractivity contribution in [3.05, 3.63) is 71.5 Å². The molecule has 152 valence electrons. The third-order valence-electron chi connectivity index (χ3n) is 4.57. The number of rotatable bonds is 4. The van der Waals surface area contributed by atoms with Crippen LogP contribution in [0, 0.1) is 5.82 Å². The van der Waals surface area contributed by atoms with Gasteiger partial charge in [-0.25, -0.2) is 9.18 Å². The zero-order chi connectivity index (χ0) is 21.4. The van der Waals surface area contributed by atoms with Gasteiger partial charge in [-0.1, -0.05) is 42.5 Å². The number of amides is 4. The minimum Gasteiger partial charge on any atom is -0.314 e. The number of alkyl halides is 3. The lowest BCUT2D eigenvalue weighted by Crippen LogP contribution is -2.69. The smallest absolute Gasteiger partial charge is 0.314 e. The number of urea groups is 1. The Labute approximate surface area is 162 Å². The molecule has 0 unspecified atom stereocenters. The van der Waals surface area contributed by atoms with Crippen LogP contribution < -0.4 is 10.6 Å². The van der Waals surface area contributed by atoms with Crippen molar-refractivity contribution in [2.75, 3.05) is 0 Å². The standard InChI is InChI=1S/C19H15F4N3O3/c1-11(12-7-3-2-4-8-12)26-16(28)18(19(21,22)23,25-17(26)29)24-15(27)13-9-5-6-10-14(13)20/h2-11H,1H3,(H,24,27)(H,25,29)/t11-,18-/m0/s1. The highest BCUT2D eigenvalue weighted by Gasteiger charge is 2.69. The second-order valence-electron chi connectivity index (χ2n) is 6.37. The van der Waals surface area contributed by atoms with Crippen LogP contribution in [-0.2, 0) is 4.79 Å². The van der Waals surface area contributed by atoms with Crippen LogP contribution in [-0.4, -0.2) is 34.6 Å². The van der Waals surface area contributed by atoms with E-state index in [1.54, 1.807) is 18.2 Å². The van der Waals surface area contributed by atoms with Gasteiger partial charge in [0.25, 0.3) is 17.5 Å². The minimum absolute atomic E-state index is 0.379. The molecule has 1 fully saturated rings. The Morgan fingerprint density at radius 2 is 1.66 bits per heavy atom. The first-order valence-electron chi connectivity index (χ1n) is 8.43. The fourth-order valence-corrected chi connectivity index (χ4v) is 3.01. The maximum Gasteiger partial charge on any atom is 0.440 e. The lowest BCUT2D eigenvalue weighted by molar-refractivity contribution is -0.200. The fourth-order valence-electron chi connectivity index (χ4n) is 3.01. The van der Waals surface area contributed by atoms with E-state index in [0.717, 1.165) is 12.1 Å². The van der Waals surface area contributed by atoms with Gasteiger partial charge in [0.15, 0.2) is 0 Å². The van der Waals surface area contributed by atoms with Gasteiger partial charge in [0.1, 0.15) is 5.82 Å². The molecule has 2 aromatic rings. The molecule has 29 heavy (non-hydrogen) atoms. The van der Waals surface area contributed by atoms with E-state index in [1.807, 2.05) is 0 Å². The van der Waals surface area contributed by atoms with Crippen LogP contribution in [0.1, 0.15) is 28.9 Å². The van der Waals surface area contributed by atoms with Crippen molar-refractivity contribution < 1.29 is 31.9 Å². The normalized spacial score (nSPS) is 20.4. The molecular weight excluding hydrogens is 394 g/mol.